The molecule has 1 aromatic heterocycles. The van der Waals surface area contributed by atoms with Gasteiger partial charge in [-0.1, -0.05) is 5.16 Å². The molecule has 1 aliphatic heterocycles. The van der Waals surface area contributed by atoms with E-state index in [4.69, 9.17) is 4.52 Å². The van der Waals surface area contributed by atoms with Gasteiger partial charge in [0.2, 0.25) is 5.89 Å². The summed E-state index contributed by atoms with van der Waals surface area (Å²) in [5.41, 5.74) is 0. The first-order valence-electron chi connectivity index (χ1n) is 4.39. The maximum absolute atomic E-state index is 10.9. The summed E-state index contributed by atoms with van der Waals surface area (Å²) in [4.78, 5) is 15.0. The maximum Gasteiger partial charge on any atom is 0.315 e. The normalized spacial score (nSPS) is 16.4. The summed E-state index contributed by atoms with van der Waals surface area (Å²) in [5, 5.41) is 6.90. The molecule has 1 aromatic rings. The van der Waals surface area contributed by atoms with Crippen molar-refractivity contribution in [2.75, 3.05) is 20.2 Å². The Balaban J connectivity index is 1.98. The molecule has 0 radical (unpaired) electrons. The minimum atomic E-state index is -0.369. The number of methoxy groups -OCH3 is 1. The number of esters is 1. The number of hydrogen-bond acceptors (Lipinski definition) is 6. The van der Waals surface area contributed by atoms with Crippen molar-refractivity contribution in [3.63, 3.8) is 0 Å². The van der Waals surface area contributed by atoms with Gasteiger partial charge in [0.05, 0.1) is 7.11 Å². The molecule has 0 amide bonds. The highest BCUT2D eigenvalue weighted by Crippen LogP contribution is 2.16. The third-order valence-corrected chi connectivity index (χ3v) is 2.15. The van der Waals surface area contributed by atoms with E-state index in [0.29, 0.717) is 17.6 Å². The SMILES string of the molecule is COC(=O)Cc1nc(C2CNC2)no1. The number of rotatable bonds is 3. The predicted molar refractivity (Wildman–Crippen MR) is 45.6 cm³/mol. The molecule has 0 atom stereocenters. The van der Waals surface area contributed by atoms with Crippen LogP contribution in [-0.2, 0) is 16.0 Å². The van der Waals surface area contributed by atoms with Crippen molar-refractivity contribution in [1.82, 2.24) is 15.5 Å². The molecule has 14 heavy (non-hydrogen) atoms. The van der Waals surface area contributed by atoms with Crippen molar-refractivity contribution >= 4 is 5.97 Å². The quantitative estimate of drug-likeness (QED) is 0.656. The fraction of sp³-hybridized carbons (Fsp3) is 0.625. The van der Waals surface area contributed by atoms with E-state index in [-0.39, 0.29) is 12.4 Å². The smallest absolute Gasteiger partial charge is 0.315 e. The molecular formula is C8H11N3O3. The molecule has 2 rings (SSSR count). The Kier molecular flexibility index (Phi) is 2.45. The maximum atomic E-state index is 10.9. The topological polar surface area (TPSA) is 77.2 Å². The monoisotopic (exact) mass is 197 g/mol. The summed E-state index contributed by atoms with van der Waals surface area (Å²) in [6, 6.07) is 0. The van der Waals surface area contributed by atoms with Gasteiger partial charge in [-0.2, -0.15) is 4.98 Å². The Morgan fingerprint density at radius 2 is 2.50 bits per heavy atom. The first kappa shape index (κ1) is 9.14. The molecule has 1 aliphatic rings. The summed E-state index contributed by atoms with van der Waals surface area (Å²) in [7, 11) is 1.33. The second-order valence-corrected chi connectivity index (χ2v) is 3.15. The Labute approximate surface area is 80.6 Å². The van der Waals surface area contributed by atoms with Gasteiger partial charge in [-0.25, -0.2) is 0 Å². The first-order valence-corrected chi connectivity index (χ1v) is 4.39. The summed E-state index contributed by atoms with van der Waals surface area (Å²) in [5.74, 6) is 0.943. The van der Waals surface area contributed by atoms with Crippen molar-refractivity contribution in [3.8, 4) is 0 Å². The lowest BCUT2D eigenvalue weighted by Crippen LogP contribution is -2.40. The molecule has 2 heterocycles. The van der Waals surface area contributed by atoms with Crippen LogP contribution in [0.1, 0.15) is 17.6 Å². The van der Waals surface area contributed by atoms with Crippen molar-refractivity contribution in [2.24, 2.45) is 0 Å². The van der Waals surface area contributed by atoms with Gasteiger partial charge >= 0.3 is 5.97 Å². The van der Waals surface area contributed by atoms with Crippen LogP contribution in [0, 0.1) is 0 Å². The predicted octanol–water partition coefficient (Wildman–Crippen LogP) is -0.528. The molecule has 1 fully saturated rings. The van der Waals surface area contributed by atoms with E-state index in [9.17, 15) is 4.79 Å². The van der Waals surface area contributed by atoms with Gasteiger partial charge in [-0.3, -0.25) is 4.79 Å². The molecule has 76 valence electrons. The Morgan fingerprint density at radius 3 is 3.07 bits per heavy atom. The van der Waals surface area contributed by atoms with Crippen LogP contribution in [0.4, 0.5) is 0 Å². The van der Waals surface area contributed by atoms with E-state index in [0.717, 1.165) is 13.1 Å². The fourth-order valence-electron chi connectivity index (χ4n) is 1.17. The van der Waals surface area contributed by atoms with Crippen LogP contribution in [0.2, 0.25) is 0 Å². The molecular weight excluding hydrogens is 186 g/mol. The number of carbonyl (C=O) groups excluding carboxylic acids is 1. The number of carbonyl (C=O) groups is 1. The van der Waals surface area contributed by atoms with E-state index >= 15 is 0 Å². The second-order valence-electron chi connectivity index (χ2n) is 3.15. The number of nitrogens with zero attached hydrogens (tertiary/aromatic N) is 2. The van der Waals surface area contributed by atoms with Gasteiger partial charge in [0, 0.05) is 19.0 Å². The first-order chi connectivity index (χ1) is 6.79. The van der Waals surface area contributed by atoms with E-state index in [1.807, 2.05) is 0 Å². The Bertz CT molecular complexity index is 332. The highest BCUT2D eigenvalue weighted by atomic mass is 16.5. The summed E-state index contributed by atoms with van der Waals surface area (Å²) >= 11 is 0. The van der Waals surface area contributed by atoms with Crippen molar-refractivity contribution in [3.05, 3.63) is 11.7 Å². The summed E-state index contributed by atoms with van der Waals surface area (Å²) in [6.45, 7) is 1.74. The lowest BCUT2D eigenvalue weighted by atomic mass is 10.0. The minimum absolute atomic E-state index is 0.0453. The third-order valence-electron chi connectivity index (χ3n) is 2.15. The van der Waals surface area contributed by atoms with Gasteiger partial charge in [0.15, 0.2) is 5.82 Å². The van der Waals surface area contributed by atoms with E-state index in [1.54, 1.807) is 0 Å². The van der Waals surface area contributed by atoms with Gasteiger partial charge in [-0.05, 0) is 0 Å². The molecule has 0 saturated carbocycles. The van der Waals surface area contributed by atoms with E-state index < -0.39 is 0 Å². The molecule has 1 N–H and O–H groups in total. The number of hydrogen-bond donors (Lipinski definition) is 1. The van der Waals surface area contributed by atoms with E-state index in [1.165, 1.54) is 7.11 Å². The van der Waals surface area contributed by atoms with Gasteiger partial charge in [0.25, 0.3) is 0 Å². The highest BCUT2D eigenvalue weighted by Gasteiger charge is 2.24. The van der Waals surface area contributed by atoms with Crippen LogP contribution < -0.4 is 5.32 Å². The zero-order chi connectivity index (χ0) is 9.97. The number of ether oxygens (including phenoxy) is 1. The van der Waals surface area contributed by atoms with Gasteiger partial charge in [0.1, 0.15) is 6.42 Å². The van der Waals surface area contributed by atoms with Crippen LogP contribution in [0.3, 0.4) is 0 Å². The molecule has 0 bridgehead atoms. The second kappa shape index (κ2) is 3.75. The third kappa shape index (κ3) is 1.74. The standard InChI is InChI=1S/C8H11N3O3/c1-13-7(12)2-6-10-8(11-14-6)5-3-9-4-5/h5,9H,2-4H2,1H3. The van der Waals surface area contributed by atoms with Crippen LogP contribution >= 0.6 is 0 Å². The van der Waals surface area contributed by atoms with Crippen molar-refractivity contribution < 1.29 is 14.1 Å². The van der Waals surface area contributed by atoms with Crippen molar-refractivity contribution in [1.29, 1.82) is 0 Å². The Hall–Kier alpha value is -1.43. The highest BCUT2D eigenvalue weighted by molar-refractivity contribution is 5.71. The van der Waals surface area contributed by atoms with Crippen molar-refractivity contribution in [2.45, 2.75) is 12.3 Å². The molecule has 6 heteroatoms. The average molecular weight is 197 g/mol. The van der Waals surface area contributed by atoms with Crippen LogP contribution in [0.15, 0.2) is 4.52 Å². The van der Waals surface area contributed by atoms with Crippen LogP contribution in [0.5, 0.6) is 0 Å². The molecule has 0 unspecified atom stereocenters. The van der Waals surface area contributed by atoms with Crippen LogP contribution in [-0.4, -0.2) is 36.3 Å². The fourth-order valence-corrected chi connectivity index (χ4v) is 1.17. The lowest BCUT2D eigenvalue weighted by Gasteiger charge is -2.23. The molecule has 0 aromatic carbocycles. The van der Waals surface area contributed by atoms with E-state index in [2.05, 4.69) is 20.2 Å². The Morgan fingerprint density at radius 1 is 1.71 bits per heavy atom. The lowest BCUT2D eigenvalue weighted by molar-refractivity contribution is -0.140. The largest absolute Gasteiger partial charge is 0.469 e. The van der Waals surface area contributed by atoms with Gasteiger partial charge in [-0.15, -0.1) is 0 Å². The number of nitrogens with one attached hydrogen (secondary N) is 1. The molecule has 0 aliphatic carbocycles. The zero-order valence-corrected chi connectivity index (χ0v) is 7.82. The average Bonchev–Trinajstić information content (AvgIpc) is 2.50. The molecule has 0 spiro atoms. The summed E-state index contributed by atoms with van der Waals surface area (Å²) in [6.07, 6.45) is 0.0453. The number of aromatic nitrogens is 2. The van der Waals surface area contributed by atoms with Crippen LogP contribution in [0.25, 0.3) is 0 Å². The summed E-state index contributed by atoms with van der Waals surface area (Å²) < 4.78 is 9.39. The molecule has 6 nitrogen and oxygen atoms in total. The zero-order valence-electron chi connectivity index (χ0n) is 7.82. The van der Waals surface area contributed by atoms with Gasteiger partial charge < -0.3 is 14.6 Å². The molecule has 1 saturated heterocycles. The minimum Gasteiger partial charge on any atom is -0.469 e.